The zero-order valence-corrected chi connectivity index (χ0v) is 14.8. The molecule has 0 saturated carbocycles. The van der Waals surface area contributed by atoms with Gasteiger partial charge in [0.05, 0.1) is 11.4 Å². The maximum Gasteiger partial charge on any atom is 0.221 e. The summed E-state index contributed by atoms with van der Waals surface area (Å²) in [6, 6.07) is 10.2. The largest absolute Gasteiger partial charge is 0.506 e. The summed E-state index contributed by atoms with van der Waals surface area (Å²) in [4.78, 5) is 11.3. The van der Waals surface area contributed by atoms with Gasteiger partial charge in [0.2, 0.25) is 5.91 Å². The summed E-state index contributed by atoms with van der Waals surface area (Å²) >= 11 is 0. The van der Waals surface area contributed by atoms with Crippen molar-refractivity contribution in [3.05, 3.63) is 47.5 Å². The van der Waals surface area contributed by atoms with Crippen molar-refractivity contribution in [2.75, 3.05) is 10.6 Å². The Kier molecular flexibility index (Phi) is 5.23. The van der Waals surface area contributed by atoms with Crippen molar-refractivity contribution in [1.29, 1.82) is 0 Å². The second-order valence-corrected chi connectivity index (χ2v) is 6.59. The molecule has 1 amide bonds. The van der Waals surface area contributed by atoms with Crippen LogP contribution in [0.1, 0.15) is 38.8 Å². The lowest BCUT2D eigenvalue weighted by Crippen LogP contribution is -2.20. The SMILES string of the molecule is CC(=O)Nc1cc(C(C)(C)c2ccc(O)c(NC(C)O)c2)ccc1O. The number of phenolic OH excluding ortho intramolecular Hbond substituents is 2. The van der Waals surface area contributed by atoms with E-state index in [0.717, 1.165) is 11.1 Å². The first-order valence-corrected chi connectivity index (χ1v) is 8.00. The summed E-state index contributed by atoms with van der Waals surface area (Å²) in [5, 5.41) is 34.8. The predicted octanol–water partition coefficient (Wildman–Crippen LogP) is 3.13. The summed E-state index contributed by atoms with van der Waals surface area (Å²) in [5.41, 5.74) is 2.08. The molecule has 0 aliphatic carbocycles. The highest BCUT2D eigenvalue weighted by atomic mass is 16.3. The van der Waals surface area contributed by atoms with Crippen LogP contribution in [0.5, 0.6) is 11.5 Å². The number of carbonyl (C=O) groups excluding carboxylic acids is 1. The molecule has 134 valence electrons. The third-order valence-corrected chi connectivity index (χ3v) is 4.11. The highest BCUT2D eigenvalue weighted by Gasteiger charge is 2.25. The van der Waals surface area contributed by atoms with Gasteiger partial charge in [0, 0.05) is 12.3 Å². The van der Waals surface area contributed by atoms with Gasteiger partial charge >= 0.3 is 0 Å². The number of amides is 1. The Hall–Kier alpha value is -2.73. The quantitative estimate of drug-likeness (QED) is 0.424. The van der Waals surface area contributed by atoms with Gasteiger partial charge < -0.3 is 26.0 Å². The van der Waals surface area contributed by atoms with Gasteiger partial charge in [0.15, 0.2) is 0 Å². The Bertz CT molecular complexity index is 785. The van der Waals surface area contributed by atoms with Crippen molar-refractivity contribution >= 4 is 17.3 Å². The lowest BCUT2D eigenvalue weighted by atomic mass is 9.77. The van der Waals surface area contributed by atoms with Crippen LogP contribution in [0, 0.1) is 0 Å². The van der Waals surface area contributed by atoms with Crippen LogP contribution in [-0.2, 0) is 10.2 Å². The number of nitrogens with one attached hydrogen (secondary N) is 2. The molecule has 0 aromatic heterocycles. The molecule has 0 aliphatic rings. The molecule has 0 radical (unpaired) electrons. The van der Waals surface area contributed by atoms with Crippen molar-refractivity contribution in [3.63, 3.8) is 0 Å². The van der Waals surface area contributed by atoms with E-state index in [9.17, 15) is 20.1 Å². The standard InChI is InChI=1S/C19H24N2O4/c1-11(22)20-15-9-13(5-7-17(15)24)19(3,4)14-6-8-18(25)16(10-14)21-12(2)23/h5-11,20,22,24-25H,1-4H3,(H,21,23). The molecule has 0 aliphatic heterocycles. The van der Waals surface area contributed by atoms with E-state index in [1.54, 1.807) is 37.3 Å². The average Bonchev–Trinajstić information content (AvgIpc) is 2.50. The maximum atomic E-state index is 11.3. The van der Waals surface area contributed by atoms with Gasteiger partial charge in [0.1, 0.15) is 17.7 Å². The fourth-order valence-electron chi connectivity index (χ4n) is 2.65. The van der Waals surface area contributed by atoms with Gasteiger partial charge in [-0.05, 0) is 42.3 Å². The Morgan fingerprint density at radius 3 is 1.96 bits per heavy atom. The first-order valence-electron chi connectivity index (χ1n) is 8.00. The fraction of sp³-hybridized carbons (Fsp3) is 0.316. The Morgan fingerprint density at radius 2 is 1.48 bits per heavy atom. The van der Waals surface area contributed by atoms with Crippen LogP contribution < -0.4 is 10.6 Å². The number of aliphatic hydroxyl groups is 1. The minimum atomic E-state index is -0.802. The maximum absolute atomic E-state index is 11.3. The molecule has 0 fully saturated rings. The van der Waals surface area contributed by atoms with Crippen molar-refractivity contribution < 1.29 is 20.1 Å². The Morgan fingerprint density at radius 1 is 1.00 bits per heavy atom. The molecule has 2 aromatic rings. The summed E-state index contributed by atoms with van der Waals surface area (Å²) in [6.07, 6.45) is -0.802. The Labute approximate surface area is 147 Å². The highest BCUT2D eigenvalue weighted by Crippen LogP contribution is 2.38. The molecule has 0 bridgehead atoms. The number of benzene rings is 2. The number of phenols is 2. The molecular formula is C19H24N2O4. The van der Waals surface area contributed by atoms with E-state index >= 15 is 0 Å². The van der Waals surface area contributed by atoms with E-state index < -0.39 is 11.6 Å². The molecule has 25 heavy (non-hydrogen) atoms. The van der Waals surface area contributed by atoms with Crippen molar-refractivity contribution in [2.45, 2.75) is 39.3 Å². The van der Waals surface area contributed by atoms with Crippen molar-refractivity contribution in [3.8, 4) is 11.5 Å². The molecule has 1 unspecified atom stereocenters. The van der Waals surface area contributed by atoms with E-state index in [1.807, 2.05) is 13.8 Å². The van der Waals surface area contributed by atoms with Gasteiger partial charge in [-0.25, -0.2) is 0 Å². The molecule has 2 rings (SSSR count). The minimum absolute atomic E-state index is 0.00285. The number of hydrogen-bond acceptors (Lipinski definition) is 5. The molecule has 5 N–H and O–H groups in total. The van der Waals surface area contributed by atoms with Gasteiger partial charge in [-0.15, -0.1) is 0 Å². The van der Waals surface area contributed by atoms with Crippen molar-refractivity contribution in [2.24, 2.45) is 0 Å². The summed E-state index contributed by atoms with van der Waals surface area (Å²) < 4.78 is 0. The van der Waals surface area contributed by atoms with Crippen LogP contribution in [0.4, 0.5) is 11.4 Å². The average molecular weight is 344 g/mol. The van der Waals surface area contributed by atoms with Crippen LogP contribution >= 0.6 is 0 Å². The Balaban J connectivity index is 2.46. The summed E-state index contributed by atoms with van der Waals surface area (Å²) in [7, 11) is 0. The first-order chi connectivity index (χ1) is 11.6. The molecule has 0 spiro atoms. The molecule has 1 atom stereocenters. The van der Waals surface area contributed by atoms with E-state index in [0.29, 0.717) is 11.4 Å². The lowest BCUT2D eigenvalue weighted by molar-refractivity contribution is -0.114. The van der Waals surface area contributed by atoms with Gasteiger partial charge in [-0.2, -0.15) is 0 Å². The zero-order chi connectivity index (χ0) is 18.8. The predicted molar refractivity (Wildman–Crippen MR) is 97.9 cm³/mol. The van der Waals surface area contributed by atoms with Crippen LogP contribution in [0.2, 0.25) is 0 Å². The fourth-order valence-corrected chi connectivity index (χ4v) is 2.65. The van der Waals surface area contributed by atoms with Gasteiger partial charge in [-0.3, -0.25) is 4.79 Å². The number of aliphatic hydroxyl groups excluding tert-OH is 1. The monoisotopic (exact) mass is 344 g/mol. The van der Waals surface area contributed by atoms with Gasteiger partial charge in [0.25, 0.3) is 0 Å². The second-order valence-electron chi connectivity index (χ2n) is 6.59. The minimum Gasteiger partial charge on any atom is -0.506 e. The van der Waals surface area contributed by atoms with Crippen LogP contribution in [-0.4, -0.2) is 27.5 Å². The molecule has 2 aromatic carbocycles. The topological polar surface area (TPSA) is 102 Å². The van der Waals surface area contributed by atoms with Crippen LogP contribution in [0.3, 0.4) is 0 Å². The molecule has 0 saturated heterocycles. The molecule has 0 heterocycles. The lowest BCUT2D eigenvalue weighted by Gasteiger charge is -2.28. The number of aromatic hydroxyl groups is 2. The summed E-state index contributed by atoms with van der Waals surface area (Å²) in [6.45, 7) is 6.94. The van der Waals surface area contributed by atoms with Crippen LogP contribution in [0.25, 0.3) is 0 Å². The third-order valence-electron chi connectivity index (χ3n) is 4.11. The number of rotatable bonds is 5. The smallest absolute Gasteiger partial charge is 0.221 e. The third kappa shape index (κ3) is 4.22. The molecular weight excluding hydrogens is 320 g/mol. The molecule has 6 nitrogen and oxygen atoms in total. The van der Waals surface area contributed by atoms with E-state index in [2.05, 4.69) is 10.6 Å². The first kappa shape index (κ1) is 18.6. The highest BCUT2D eigenvalue weighted by molar-refractivity contribution is 5.90. The number of anilines is 2. The van der Waals surface area contributed by atoms with Crippen LogP contribution in [0.15, 0.2) is 36.4 Å². The van der Waals surface area contributed by atoms with E-state index in [-0.39, 0.29) is 17.4 Å². The normalized spacial score (nSPS) is 12.5. The van der Waals surface area contributed by atoms with E-state index in [1.165, 1.54) is 13.0 Å². The molecule has 6 heteroatoms. The second kappa shape index (κ2) is 7.03. The zero-order valence-electron chi connectivity index (χ0n) is 14.8. The van der Waals surface area contributed by atoms with Crippen molar-refractivity contribution in [1.82, 2.24) is 0 Å². The van der Waals surface area contributed by atoms with Gasteiger partial charge in [-0.1, -0.05) is 26.0 Å². The number of carbonyl (C=O) groups is 1. The van der Waals surface area contributed by atoms with E-state index in [4.69, 9.17) is 0 Å². The number of hydrogen-bond donors (Lipinski definition) is 5. The summed E-state index contributed by atoms with van der Waals surface area (Å²) in [5.74, 6) is -0.222.